The molecule has 184 valence electrons. The summed E-state index contributed by atoms with van der Waals surface area (Å²) in [6.07, 6.45) is 1.16. The van der Waals surface area contributed by atoms with E-state index in [0.717, 1.165) is 44.1 Å². The van der Waals surface area contributed by atoms with Crippen molar-refractivity contribution in [1.82, 2.24) is 25.0 Å². The van der Waals surface area contributed by atoms with Gasteiger partial charge in [-0.2, -0.15) is 0 Å². The molecule has 0 spiro atoms. The lowest BCUT2D eigenvalue weighted by atomic mass is 10.2. The Morgan fingerprint density at radius 1 is 1.09 bits per heavy atom. The van der Waals surface area contributed by atoms with Crippen LogP contribution in [0.25, 0.3) is 17.1 Å². The fourth-order valence-electron chi connectivity index (χ4n) is 3.76. The molecule has 0 aliphatic carbocycles. The number of carbonyl (C=O) groups excluding carboxylic acids is 1. The van der Waals surface area contributed by atoms with Crippen LogP contribution >= 0.6 is 11.8 Å². The quantitative estimate of drug-likeness (QED) is 0.186. The Morgan fingerprint density at radius 3 is 2.54 bits per heavy atom. The van der Waals surface area contributed by atoms with E-state index in [1.165, 1.54) is 23.9 Å². The van der Waals surface area contributed by atoms with Gasteiger partial charge in [0.15, 0.2) is 11.0 Å². The lowest BCUT2D eigenvalue weighted by molar-refractivity contribution is -0.384. The van der Waals surface area contributed by atoms with E-state index < -0.39 is 4.92 Å². The number of carbonyl (C=O) groups is 1. The van der Waals surface area contributed by atoms with Gasteiger partial charge in [0.2, 0.25) is 5.91 Å². The van der Waals surface area contributed by atoms with Gasteiger partial charge in [0, 0.05) is 61.7 Å². The number of rotatable bonds is 11. The van der Waals surface area contributed by atoms with Crippen molar-refractivity contribution in [3.63, 3.8) is 0 Å². The number of hydrogen-bond acceptors (Lipinski definition) is 8. The maximum atomic E-state index is 12.2. The second kappa shape index (κ2) is 12.4. The Hall–Kier alpha value is -3.28. The number of nitro groups is 1. The van der Waals surface area contributed by atoms with Crippen LogP contribution < -0.4 is 5.32 Å². The molecule has 35 heavy (non-hydrogen) atoms. The number of nitrogens with one attached hydrogen (secondary N) is 1. The molecule has 0 radical (unpaired) electrons. The van der Waals surface area contributed by atoms with E-state index in [4.69, 9.17) is 4.74 Å². The summed E-state index contributed by atoms with van der Waals surface area (Å²) in [4.78, 5) is 25.1. The number of para-hydroxylation sites is 1. The van der Waals surface area contributed by atoms with Crippen molar-refractivity contribution in [2.24, 2.45) is 0 Å². The normalized spacial score (nSPS) is 14.1. The Balaban J connectivity index is 1.34. The summed E-state index contributed by atoms with van der Waals surface area (Å²) in [7, 11) is 0. The summed E-state index contributed by atoms with van der Waals surface area (Å²) in [5, 5.41) is 23.4. The summed E-state index contributed by atoms with van der Waals surface area (Å²) in [6.45, 7) is 4.82. The fourth-order valence-corrected chi connectivity index (χ4v) is 4.65. The van der Waals surface area contributed by atoms with Crippen molar-refractivity contribution in [2.45, 2.75) is 18.0 Å². The lowest BCUT2D eigenvalue weighted by Crippen LogP contribution is -2.41. The molecule has 0 unspecified atom stereocenters. The molecule has 3 aromatic rings. The molecule has 0 saturated carbocycles. The third-order valence-corrected chi connectivity index (χ3v) is 6.63. The van der Waals surface area contributed by atoms with Crippen molar-refractivity contribution in [3.8, 4) is 17.1 Å². The summed E-state index contributed by atoms with van der Waals surface area (Å²) < 4.78 is 7.28. The average Bonchev–Trinajstić information content (AvgIpc) is 3.32. The van der Waals surface area contributed by atoms with Gasteiger partial charge >= 0.3 is 0 Å². The maximum Gasteiger partial charge on any atom is 0.269 e. The maximum absolute atomic E-state index is 12.2. The van der Waals surface area contributed by atoms with Crippen LogP contribution in [0.2, 0.25) is 0 Å². The molecule has 2 heterocycles. The first-order valence-corrected chi connectivity index (χ1v) is 12.6. The van der Waals surface area contributed by atoms with Gasteiger partial charge in [0.25, 0.3) is 5.69 Å². The number of benzene rings is 2. The first-order valence-electron chi connectivity index (χ1n) is 11.6. The summed E-state index contributed by atoms with van der Waals surface area (Å²) >= 11 is 1.53. The zero-order chi connectivity index (χ0) is 24.5. The van der Waals surface area contributed by atoms with E-state index in [-0.39, 0.29) is 11.6 Å². The Bertz CT molecular complexity index is 1120. The monoisotopic (exact) mass is 496 g/mol. The molecule has 1 amide bonds. The van der Waals surface area contributed by atoms with Crippen molar-refractivity contribution in [1.29, 1.82) is 0 Å². The van der Waals surface area contributed by atoms with Gasteiger partial charge in [-0.3, -0.25) is 24.4 Å². The Morgan fingerprint density at radius 2 is 1.83 bits per heavy atom. The lowest BCUT2D eigenvalue weighted by Gasteiger charge is -2.26. The smallest absolute Gasteiger partial charge is 0.269 e. The van der Waals surface area contributed by atoms with Gasteiger partial charge in [0.1, 0.15) is 0 Å². The molecular formula is C24H28N6O4S. The number of thioether (sulfide) groups is 1. The molecular weight excluding hydrogens is 468 g/mol. The van der Waals surface area contributed by atoms with Gasteiger partial charge < -0.3 is 10.1 Å². The van der Waals surface area contributed by atoms with Gasteiger partial charge in [0.05, 0.1) is 18.1 Å². The van der Waals surface area contributed by atoms with Crippen LogP contribution in [-0.4, -0.2) is 75.6 Å². The number of morpholine rings is 1. The first kappa shape index (κ1) is 24.8. The SMILES string of the molecule is O=C(CCCSc1nnc(-c2ccc([N+](=O)[O-])cc2)n1-c1ccccc1)NCCN1CCOCC1. The summed E-state index contributed by atoms with van der Waals surface area (Å²) in [5.41, 5.74) is 1.66. The average molecular weight is 497 g/mol. The van der Waals surface area contributed by atoms with Crippen LogP contribution in [0.5, 0.6) is 0 Å². The van der Waals surface area contributed by atoms with Crippen LogP contribution in [0.15, 0.2) is 59.8 Å². The highest BCUT2D eigenvalue weighted by Crippen LogP contribution is 2.29. The fraction of sp³-hybridized carbons (Fsp3) is 0.375. The van der Waals surface area contributed by atoms with Gasteiger partial charge in [-0.05, 0) is 30.7 Å². The highest BCUT2D eigenvalue weighted by atomic mass is 32.2. The van der Waals surface area contributed by atoms with Crippen LogP contribution in [0.1, 0.15) is 12.8 Å². The molecule has 1 saturated heterocycles. The van der Waals surface area contributed by atoms with E-state index >= 15 is 0 Å². The number of nitrogens with zero attached hydrogens (tertiary/aromatic N) is 5. The van der Waals surface area contributed by atoms with Gasteiger partial charge in [-0.15, -0.1) is 10.2 Å². The molecule has 0 bridgehead atoms. The van der Waals surface area contributed by atoms with E-state index in [2.05, 4.69) is 20.4 Å². The third-order valence-electron chi connectivity index (χ3n) is 5.62. The van der Waals surface area contributed by atoms with Crippen LogP contribution in [0.3, 0.4) is 0 Å². The summed E-state index contributed by atoms with van der Waals surface area (Å²) in [5.74, 6) is 1.37. The Kier molecular flexibility index (Phi) is 8.82. The molecule has 10 nitrogen and oxygen atoms in total. The topological polar surface area (TPSA) is 115 Å². The molecule has 1 aromatic heterocycles. The minimum Gasteiger partial charge on any atom is -0.379 e. The van der Waals surface area contributed by atoms with Crippen molar-refractivity contribution in [2.75, 3.05) is 45.1 Å². The van der Waals surface area contributed by atoms with Gasteiger partial charge in [-0.25, -0.2) is 0 Å². The minimum absolute atomic E-state index is 0.0253. The number of amides is 1. The molecule has 1 N–H and O–H groups in total. The predicted octanol–water partition coefficient (Wildman–Crippen LogP) is 3.16. The standard InChI is InChI=1S/C24H28N6O4S/c31-22(25-12-13-28-14-16-34-17-15-28)7-4-18-35-24-27-26-23(29(24)20-5-2-1-3-6-20)19-8-10-21(11-9-19)30(32)33/h1-3,5-6,8-11H,4,7,12-18H2,(H,25,31). The Labute approximate surface area is 207 Å². The number of aromatic nitrogens is 3. The number of nitro benzene ring substituents is 1. The molecule has 2 aromatic carbocycles. The number of non-ortho nitro benzene ring substituents is 1. The summed E-state index contributed by atoms with van der Waals surface area (Å²) in [6, 6.07) is 16.0. The van der Waals surface area contributed by atoms with E-state index in [0.29, 0.717) is 36.1 Å². The van der Waals surface area contributed by atoms with Crippen LogP contribution in [0, 0.1) is 10.1 Å². The zero-order valence-corrected chi connectivity index (χ0v) is 20.2. The second-order valence-electron chi connectivity index (χ2n) is 8.04. The number of hydrogen-bond donors (Lipinski definition) is 1. The van der Waals surface area contributed by atoms with E-state index in [1.54, 1.807) is 12.1 Å². The predicted molar refractivity (Wildman–Crippen MR) is 134 cm³/mol. The molecule has 1 aliphatic heterocycles. The third kappa shape index (κ3) is 6.87. The highest BCUT2D eigenvalue weighted by molar-refractivity contribution is 7.99. The van der Waals surface area contributed by atoms with E-state index in [1.807, 2.05) is 34.9 Å². The largest absolute Gasteiger partial charge is 0.379 e. The number of ether oxygens (including phenoxy) is 1. The molecule has 1 fully saturated rings. The van der Waals surface area contributed by atoms with Crippen molar-refractivity contribution < 1.29 is 14.5 Å². The first-order chi connectivity index (χ1) is 17.1. The van der Waals surface area contributed by atoms with Crippen molar-refractivity contribution in [3.05, 3.63) is 64.7 Å². The van der Waals surface area contributed by atoms with E-state index in [9.17, 15) is 14.9 Å². The van der Waals surface area contributed by atoms with Crippen LogP contribution in [0.4, 0.5) is 5.69 Å². The highest BCUT2D eigenvalue weighted by Gasteiger charge is 2.17. The molecule has 11 heteroatoms. The zero-order valence-electron chi connectivity index (χ0n) is 19.3. The van der Waals surface area contributed by atoms with Gasteiger partial charge in [-0.1, -0.05) is 30.0 Å². The molecule has 0 atom stereocenters. The molecule has 4 rings (SSSR count). The van der Waals surface area contributed by atoms with Crippen LogP contribution in [-0.2, 0) is 9.53 Å². The minimum atomic E-state index is -0.425. The molecule has 1 aliphatic rings. The van der Waals surface area contributed by atoms with Crippen molar-refractivity contribution >= 4 is 23.4 Å². The second-order valence-corrected chi connectivity index (χ2v) is 9.10.